The number of benzene rings is 2. The Hall–Kier alpha value is -4.00. The Balaban J connectivity index is 1.40. The van der Waals surface area contributed by atoms with Crippen LogP contribution in [0.4, 0.5) is 0 Å². The molecule has 1 unspecified atom stereocenters. The minimum Gasteiger partial charge on any atom is -0.481 e. The van der Waals surface area contributed by atoms with Crippen LogP contribution in [0, 0.1) is 0 Å². The molecule has 0 aliphatic carbocycles. The van der Waals surface area contributed by atoms with Crippen LogP contribution in [0.3, 0.4) is 0 Å². The van der Waals surface area contributed by atoms with Gasteiger partial charge in [0.2, 0.25) is 5.88 Å². The molecule has 0 saturated carbocycles. The van der Waals surface area contributed by atoms with E-state index in [0.717, 1.165) is 29.3 Å². The van der Waals surface area contributed by atoms with Crippen molar-refractivity contribution in [2.24, 2.45) is 0 Å². The molecular weight excluding hydrogens is 404 g/mol. The lowest BCUT2D eigenvalue weighted by Gasteiger charge is -2.16. The Morgan fingerprint density at radius 3 is 2.59 bits per heavy atom. The molecule has 0 bridgehead atoms. The molecule has 0 radical (unpaired) electrons. The Bertz CT molecular complexity index is 1230. The standard InChI is InChI=1S/C25H22N4O3/c30-24-22(9-3-4-15-27-24)31-18-10-12-19(13-11-18)32-25-20-7-1-2-8-21(20)28-23(29-25)17-6-5-14-26-16-17/h1-2,5-8,10-14,16,22H,3-4,9,15H2,(H,27,30). The second kappa shape index (κ2) is 9.01. The van der Waals surface area contributed by atoms with Crippen LogP contribution in [0.25, 0.3) is 22.3 Å². The summed E-state index contributed by atoms with van der Waals surface area (Å²) < 4.78 is 12.0. The predicted octanol–water partition coefficient (Wildman–Crippen LogP) is 4.53. The van der Waals surface area contributed by atoms with E-state index in [2.05, 4.69) is 20.3 Å². The molecule has 5 rings (SSSR count). The van der Waals surface area contributed by atoms with Gasteiger partial charge in [0.1, 0.15) is 11.5 Å². The van der Waals surface area contributed by atoms with Crippen LogP contribution in [0.5, 0.6) is 17.4 Å². The van der Waals surface area contributed by atoms with Gasteiger partial charge in [-0.05, 0) is 67.8 Å². The quantitative estimate of drug-likeness (QED) is 0.505. The van der Waals surface area contributed by atoms with E-state index in [4.69, 9.17) is 9.47 Å². The van der Waals surface area contributed by atoms with Crippen LogP contribution < -0.4 is 14.8 Å². The first-order chi connectivity index (χ1) is 15.8. The molecule has 4 aromatic rings. The minimum atomic E-state index is -0.461. The van der Waals surface area contributed by atoms with E-state index in [1.165, 1.54) is 0 Å². The van der Waals surface area contributed by atoms with Gasteiger partial charge in [-0.2, -0.15) is 4.98 Å². The second-order valence-electron chi connectivity index (χ2n) is 7.58. The Labute approximate surface area is 185 Å². The van der Waals surface area contributed by atoms with Gasteiger partial charge in [-0.3, -0.25) is 9.78 Å². The first-order valence-corrected chi connectivity index (χ1v) is 10.7. The molecule has 1 saturated heterocycles. The van der Waals surface area contributed by atoms with Crippen molar-refractivity contribution < 1.29 is 14.3 Å². The number of pyridine rings is 1. The molecule has 1 aliphatic heterocycles. The van der Waals surface area contributed by atoms with Gasteiger partial charge in [0.05, 0.1) is 10.9 Å². The summed E-state index contributed by atoms with van der Waals surface area (Å²) in [5, 5.41) is 3.70. The van der Waals surface area contributed by atoms with Gasteiger partial charge in [0.15, 0.2) is 11.9 Å². The molecule has 1 fully saturated rings. The van der Waals surface area contributed by atoms with E-state index in [0.29, 0.717) is 36.2 Å². The number of rotatable bonds is 5. The fraction of sp³-hybridized carbons (Fsp3) is 0.200. The average Bonchev–Trinajstić information content (AvgIpc) is 3.04. The smallest absolute Gasteiger partial charge is 0.261 e. The number of carbonyl (C=O) groups excluding carboxylic acids is 1. The molecular formula is C25H22N4O3. The van der Waals surface area contributed by atoms with Crippen molar-refractivity contribution in [3.8, 4) is 28.8 Å². The molecule has 1 N–H and O–H groups in total. The summed E-state index contributed by atoms with van der Waals surface area (Å²) in [5.41, 5.74) is 1.60. The minimum absolute atomic E-state index is 0.0572. The van der Waals surface area contributed by atoms with Gasteiger partial charge < -0.3 is 14.8 Å². The Kier molecular flexibility index (Phi) is 5.61. The number of amides is 1. The van der Waals surface area contributed by atoms with E-state index in [9.17, 15) is 4.79 Å². The fourth-order valence-electron chi connectivity index (χ4n) is 3.64. The molecule has 2 aromatic carbocycles. The first kappa shape index (κ1) is 19.9. The molecule has 3 heterocycles. The third-order valence-corrected chi connectivity index (χ3v) is 5.29. The molecule has 7 heteroatoms. The summed E-state index contributed by atoms with van der Waals surface area (Å²) in [4.78, 5) is 25.6. The average molecular weight is 426 g/mol. The van der Waals surface area contributed by atoms with Gasteiger partial charge >= 0.3 is 0 Å². The van der Waals surface area contributed by atoms with Crippen LogP contribution in [0.2, 0.25) is 0 Å². The third-order valence-electron chi connectivity index (χ3n) is 5.29. The lowest BCUT2D eigenvalue weighted by molar-refractivity contribution is -0.127. The summed E-state index contributed by atoms with van der Waals surface area (Å²) in [6.45, 7) is 0.708. The Morgan fingerprint density at radius 2 is 1.75 bits per heavy atom. The van der Waals surface area contributed by atoms with E-state index in [1.54, 1.807) is 24.5 Å². The maximum atomic E-state index is 12.1. The molecule has 1 atom stereocenters. The van der Waals surface area contributed by atoms with Crippen LogP contribution in [0.1, 0.15) is 19.3 Å². The number of hydrogen-bond acceptors (Lipinski definition) is 6. The fourth-order valence-corrected chi connectivity index (χ4v) is 3.64. The van der Waals surface area contributed by atoms with Crippen LogP contribution in [-0.2, 0) is 4.79 Å². The SMILES string of the molecule is O=C1NCCCCC1Oc1ccc(Oc2nc(-c3cccnc3)nc3ccccc23)cc1. The molecule has 0 spiro atoms. The van der Waals surface area contributed by atoms with Gasteiger partial charge in [-0.1, -0.05) is 12.1 Å². The molecule has 7 nitrogen and oxygen atoms in total. The van der Waals surface area contributed by atoms with Gasteiger partial charge in [-0.25, -0.2) is 4.98 Å². The normalized spacial score (nSPS) is 16.2. The highest BCUT2D eigenvalue weighted by Crippen LogP contribution is 2.31. The number of ether oxygens (including phenoxy) is 2. The molecule has 2 aromatic heterocycles. The largest absolute Gasteiger partial charge is 0.481 e. The number of carbonyl (C=O) groups is 1. The highest BCUT2D eigenvalue weighted by atomic mass is 16.5. The van der Waals surface area contributed by atoms with Crippen molar-refractivity contribution in [3.05, 3.63) is 73.1 Å². The van der Waals surface area contributed by atoms with Crippen molar-refractivity contribution in [2.75, 3.05) is 6.54 Å². The predicted molar refractivity (Wildman–Crippen MR) is 121 cm³/mol. The maximum absolute atomic E-state index is 12.1. The number of nitrogens with zero attached hydrogens (tertiary/aromatic N) is 3. The van der Waals surface area contributed by atoms with Crippen LogP contribution >= 0.6 is 0 Å². The van der Waals surface area contributed by atoms with Crippen molar-refractivity contribution in [1.29, 1.82) is 0 Å². The number of aromatic nitrogens is 3. The van der Waals surface area contributed by atoms with Crippen molar-refractivity contribution in [2.45, 2.75) is 25.4 Å². The zero-order valence-corrected chi connectivity index (χ0v) is 17.4. The molecule has 1 amide bonds. The maximum Gasteiger partial charge on any atom is 0.261 e. The topological polar surface area (TPSA) is 86.2 Å². The van der Waals surface area contributed by atoms with Gasteiger partial charge in [0.25, 0.3) is 5.91 Å². The zero-order chi connectivity index (χ0) is 21.8. The molecule has 1 aliphatic rings. The van der Waals surface area contributed by atoms with E-state index < -0.39 is 6.10 Å². The third kappa shape index (κ3) is 4.37. The van der Waals surface area contributed by atoms with E-state index in [1.807, 2.05) is 48.5 Å². The van der Waals surface area contributed by atoms with Crippen LogP contribution in [-0.4, -0.2) is 33.5 Å². The van der Waals surface area contributed by atoms with Crippen LogP contribution in [0.15, 0.2) is 73.1 Å². The van der Waals surface area contributed by atoms with Gasteiger partial charge in [-0.15, -0.1) is 0 Å². The number of nitrogens with one attached hydrogen (secondary N) is 1. The summed E-state index contributed by atoms with van der Waals surface area (Å²) >= 11 is 0. The van der Waals surface area contributed by atoms with Crippen molar-refractivity contribution >= 4 is 16.8 Å². The Morgan fingerprint density at radius 1 is 0.906 bits per heavy atom. The second-order valence-corrected chi connectivity index (χ2v) is 7.58. The van der Waals surface area contributed by atoms with Gasteiger partial charge in [0, 0.05) is 24.5 Å². The van der Waals surface area contributed by atoms with Crippen molar-refractivity contribution in [1.82, 2.24) is 20.3 Å². The molecule has 160 valence electrons. The summed E-state index contributed by atoms with van der Waals surface area (Å²) in [6.07, 6.45) is 5.64. The lowest BCUT2D eigenvalue weighted by atomic mass is 10.2. The summed E-state index contributed by atoms with van der Waals surface area (Å²) in [6, 6.07) is 18.7. The summed E-state index contributed by atoms with van der Waals surface area (Å²) in [5.74, 6) is 2.20. The monoisotopic (exact) mass is 426 g/mol. The zero-order valence-electron chi connectivity index (χ0n) is 17.4. The van der Waals surface area contributed by atoms with E-state index >= 15 is 0 Å². The first-order valence-electron chi connectivity index (χ1n) is 10.7. The van der Waals surface area contributed by atoms with Crippen molar-refractivity contribution in [3.63, 3.8) is 0 Å². The number of hydrogen-bond donors (Lipinski definition) is 1. The number of fused-ring (bicyclic) bond motifs is 1. The van der Waals surface area contributed by atoms with E-state index in [-0.39, 0.29) is 5.91 Å². The highest BCUT2D eigenvalue weighted by Gasteiger charge is 2.22. The summed E-state index contributed by atoms with van der Waals surface area (Å²) in [7, 11) is 0. The lowest BCUT2D eigenvalue weighted by Crippen LogP contribution is -2.36. The highest BCUT2D eigenvalue weighted by molar-refractivity contribution is 5.85. The number of para-hydroxylation sites is 1. The molecule has 32 heavy (non-hydrogen) atoms.